The fourth-order valence-corrected chi connectivity index (χ4v) is 3.41. The fourth-order valence-electron chi connectivity index (χ4n) is 2.48. The standard InChI is InChI=1S/C17H12BrClFN/c18-15-9-10(19)5-6-14(15)17(21)13-7-8-16(20)12-4-2-1-3-11(12)13/h1-9,17H,21H2. The van der Waals surface area contributed by atoms with Crippen molar-refractivity contribution >= 4 is 38.3 Å². The minimum atomic E-state index is -0.359. The zero-order chi connectivity index (χ0) is 15.0. The van der Waals surface area contributed by atoms with Gasteiger partial charge in [-0.3, -0.25) is 0 Å². The van der Waals surface area contributed by atoms with Crippen molar-refractivity contribution in [3.63, 3.8) is 0 Å². The second-order valence-electron chi connectivity index (χ2n) is 4.83. The molecule has 21 heavy (non-hydrogen) atoms. The average molecular weight is 365 g/mol. The van der Waals surface area contributed by atoms with Crippen molar-refractivity contribution in [3.05, 3.63) is 81.0 Å². The van der Waals surface area contributed by atoms with E-state index in [1.165, 1.54) is 6.07 Å². The van der Waals surface area contributed by atoms with E-state index in [1.807, 2.05) is 30.3 Å². The van der Waals surface area contributed by atoms with Gasteiger partial charge in [0.2, 0.25) is 0 Å². The number of hydrogen-bond acceptors (Lipinski definition) is 1. The van der Waals surface area contributed by atoms with Crippen molar-refractivity contribution in [2.24, 2.45) is 5.73 Å². The van der Waals surface area contributed by atoms with Crippen LogP contribution in [0, 0.1) is 5.82 Å². The fraction of sp³-hybridized carbons (Fsp3) is 0.0588. The zero-order valence-electron chi connectivity index (χ0n) is 11.0. The van der Waals surface area contributed by atoms with Crippen LogP contribution in [0.15, 0.2) is 59.1 Å². The smallest absolute Gasteiger partial charge is 0.131 e. The first kappa shape index (κ1) is 14.5. The van der Waals surface area contributed by atoms with Gasteiger partial charge in [-0.15, -0.1) is 0 Å². The van der Waals surface area contributed by atoms with Crippen LogP contribution in [0.4, 0.5) is 4.39 Å². The summed E-state index contributed by atoms with van der Waals surface area (Å²) in [5.41, 5.74) is 8.19. The summed E-state index contributed by atoms with van der Waals surface area (Å²) in [6.07, 6.45) is 0. The molecule has 3 rings (SSSR count). The molecule has 0 heterocycles. The molecule has 1 atom stereocenters. The number of halogens is 3. The van der Waals surface area contributed by atoms with Crippen LogP contribution < -0.4 is 5.73 Å². The Morgan fingerprint density at radius 2 is 1.62 bits per heavy atom. The van der Waals surface area contributed by atoms with Gasteiger partial charge in [0.15, 0.2) is 0 Å². The molecule has 106 valence electrons. The van der Waals surface area contributed by atoms with E-state index in [2.05, 4.69) is 15.9 Å². The first-order chi connectivity index (χ1) is 10.1. The largest absolute Gasteiger partial charge is 0.320 e. The van der Waals surface area contributed by atoms with Crippen molar-refractivity contribution in [2.75, 3.05) is 0 Å². The van der Waals surface area contributed by atoms with Crippen molar-refractivity contribution in [2.45, 2.75) is 6.04 Å². The van der Waals surface area contributed by atoms with Gasteiger partial charge in [-0.05, 0) is 34.7 Å². The van der Waals surface area contributed by atoms with Crippen LogP contribution in [0.5, 0.6) is 0 Å². The molecule has 0 bridgehead atoms. The number of fused-ring (bicyclic) bond motifs is 1. The third-order valence-corrected chi connectivity index (χ3v) is 4.46. The topological polar surface area (TPSA) is 26.0 Å². The van der Waals surface area contributed by atoms with Gasteiger partial charge < -0.3 is 5.73 Å². The Balaban J connectivity index is 2.18. The molecule has 0 amide bonds. The summed E-state index contributed by atoms with van der Waals surface area (Å²) in [4.78, 5) is 0. The highest BCUT2D eigenvalue weighted by atomic mass is 79.9. The van der Waals surface area contributed by atoms with Crippen molar-refractivity contribution < 1.29 is 4.39 Å². The van der Waals surface area contributed by atoms with Gasteiger partial charge in [0, 0.05) is 14.9 Å². The molecule has 0 aromatic heterocycles. The van der Waals surface area contributed by atoms with Crippen molar-refractivity contribution in [1.29, 1.82) is 0 Å². The highest BCUT2D eigenvalue weighted by Gasteiger charge is 2.16. The molecular weight excluding hydrogens is 353 g/mol. The highest BCUT2D eigenvalue weighted by Crippen LogP contribution is 2.33. The monoisotopic (exact) mass is 363 g/mol. The first-order valence-corrected chi connectivity index (χ1v) is 7.62. The second-order valence-corrected chi connectivity index (χ2v) is 6.12. The number of rotatable bonds is 2. The Bertz CT molecular complexity index is 819. The van der Waals surface area contributed by atoms with Crippen LogP contribution >= 0.6 is 27.5 Å². The molecule has 3 aromatic carbocycles. The lowest BCUT2D eigenvalue weighted by atomic mass is 9.94. The Hall–Kier alpha value is -1.42. The van der Waals surface area contributed by atoms with E-state index in [0.29, 0.717) is 10.4 Å². The predicted molar refractivity (Wildman–Crippen MR) is 89.1 cm³/mol. The lowest BCUT2D eigenvalue weighted by molar-refractivity contribution is 0.639. The van der Waals surface area contributed by atoms with E-state index < -0.39 is 0 Å². The molecule has 0 saturated heterocycles. The van der Waals surface area contributed by atoms with E-state index in [-0.39, 0.29) is 11.9 Å². The summed E-state index contributed by atoms with van der Waals surface area (Å²) in [6.45, 7) is 0. The minimum absolute atomic E-state index is 0.239. The maximum Gasteiger partial charge on any atom is 0.131 e. The SMILES string of the molecule is NC(c1ccc(Cl)cc1Br)c1ccc(F)c2ccccc12. The third kappa shape index (κ3) is 2.69. The highest BCUT2D eigenvalue weighted by molar-refractivity contribution is 9.10. The normalized spacial score (nSPS) is 12.6. The van der Waals surface area contributed by atoms with E-state index in [0.717, 1.165) is 21.0 Å². The van der Waals surface area contributed by atoms with Crippen molar-refractivity contribution in [1.82, 2.24) is 0 Å². The van der Waals surface area contributed by atoms with Crippen LogP contribution in [0.25, 0.3) is 10.8 Å². The van der Waals surface area contributed by atoms with Crippen molar-refractivity contribution in [3.8, 4) is 0 Å². The molecular formula is C17H12BrClFN. The minimum Gasteiger partial charge on any atom is -0.320 e. The number of hydrogen-bond donors (Lipinski definition) is 1. The molecule has 0 aliphatic rings. The summed E-state index contributed by atoms with van der Waals surface area (Å²) < 4.78 is 14.7. The summed E-state index contributed by atoms with van der Waals surface area (Å²) in [5.74, 6) is -0.239. The second kappa shape index (κ2) is 5.76. The van der Waals surface area contributed by atoms with E-state index in [4.69, 9.17) is 17.3 Å². The maximum absolute atomic E-state index is 13.9. The summed E-state index contributed by atoms with van der Waals surface area (Å²) >= 11 is 9.45. The number of benzene rings is 3. The molecule has 1 nitrogen and oxygen atoms in total. The first-order valence-electron chi connectivity index (χ1n) is 6.45. The molecule has 1 unspecified atom stereocenters. The molecule has 0 fully saturated rings. The van der Waals surface area contributed by atoms with Crippen LogP contribution in [-0.2, 0) is 0 Å². The molecule has 0 aliphatic carbocycles. The van der Waals surface area contributed by atoms with Gasteiger partial charge in [0.25, 0.3) is 0 Å². The third-order valence-electron chi connectivity index (χ3n) is 3.54. The van der Waals surface area contributed by atoms with E-state index in [1.54, 1.807) is 18.2 Å². The van der Waals surface area contributed by atoms with E-state index >= 15 is 0 Å². The maximum atomic E-state index is 13.9. The molecule has 0 radical (unpaired) electrons. The van der Waals surface area contributed by atoms with E-state index in [9.17, 15) is 4.39 Å². The van der Waals surface area contributed by atoms with Crippen LogP contribution in [0.1, 0.15) is 17.2 Å². The van der Waals surface area contributed by atoms with Gasteiger partial charge in [-0.1, -0.05) is 63.9 Å². The Morgan fingerprint density at radius 1 is 0.952 bits per heavy atom. The average Bonchev–Trinajstić information content (AvgIpc) is 2.47. The predicted octanol–water partition coefficient (Wildman–Crippen LogP) is 5.44. The van der Waals surface area contributed by atoms with Gasteiger partial charge in [0.1, 0.15) is 5.82 Å². The number of nitrogens with two attached hydrogens (primary N) is 1. The van der Waals surface area contributed by atoms with Crippen LogP contribution in [0.3, 0.4) is 0 Å². The molecule has 4 heteroatoms. The molecule has 0 saturated carbocycles. The Kier molecular flexibility index (Phi) is 3.98. The Labute approximate surface area is 135 Å². The van der Waals surface area contributed by atoms with Crippen LogP contribution in [0.2, 0.25) is 5.02 Å². The molecule has 0 spiro atoms. The quantitative estimate of drug-likeness (QED) is 0.643. The van der Waals surface area contributed by atoms with Gasteiger partial charge in [-0.2, -0.15) is 0 Å². The molecule has 0 aliphatic heterocycles. The molecule has 2 N–H and O–H groups in total. The summed E-state index contributed by atoms with van der Waals surface area (Å²) in [6, 6.07) is 15.7. The van der Waals surface area contributed by atoms with Gasteiger partial charge >= 0.3 is 0 Å². The van der Waals surface area contributed by atoms with Crippen LogP contribution in [-0.4, -0.2) is 0 Å². The lowest BCUT2D eigenvalue weighted by Crippen LogP contribution is -2.13. The zero-order valence-corrected chi connectivity index (χ0v) is 13.3. The summed E-state index contributed by atoms with van der Waals surface area (Å²) in [5, 5.41) is 2.05. The van der Waals surface area contributed by atoms with Gasteiger partial charge in [0.05, 0.1) is 6.04 Å². The summed E-state index contributed by atoms with van der Waals surface area (Å²) in [7, 11) is 0. The van der Waals surface area contributed by atoms with Gasteiger partial charge in [-0.25, -0.2) is 4.39 Å². The lowest BCUT2D eigenvalue weighted by Gasteiger charge is -2.17. The molecule has 3 aromatic rings. The Morgan fingerprint density at radius 3 is 2.33 bits per heavy atom.